The van der Waals surface area contributed by atoms with Crippen LogP contribution in [0, 0.1) is 11.7 Å². The first kappa shape index (κ1) is 16.4. The highest BCUT2D eigenvalue weighted by atomic mass is 19.1. The molecular formula is C18H18FNO4. The summed E-state index contributed by atoms with van der Waals surface area (Å²) in [5.41, 5.74) is 1.55. The van der Waals surface area contributed by atoms with Crippen LogP contribution >= 0.6 is 0 Å². The van der Waals surface area contributed by atoms with Crippen molar-refractivity contribution < 1.29 is 23.5 Å². The van der Waals surface area contributed by atoms with Gasteiger partial charge in [-0.05, 0) is 29.3 Å². The SMILES string of the molecule is COC(=O)CN1C=C2C=CC(OCc3cccc(F)c3)C(=O)C2C1. The Bertz CT molecular complexity index is 713. The summed E-state index contributed by atoms with van der Waals surface area (Å²) >= 11 is 0. The Labute approximate surface area is 139 Å². The van der Waals surface area contributed by atoms with Crippen LogP contribution < -0.4 is 0 Å². The maximum Gasteiger partial charge on any atom is 0.325 e. The number of ether oxygens (including phenoxy) is 2. The number of rotatable bonds is 5. The molecular weight excluding hydrogens is 313 g/mol. The van der Waals surface area contributed by atoms with Crippen molar-refractivity contribution in [2.24, 2.45) is 5.92 Å². The normalized spacial score (nSPS) is 22.3. The zero-order chi connectivity index (χ0) is 17.1. The van der Waals surface area contributed by atoms with E-state index >= 15 is 0 Å². The van der Waals surface area contributed by atoms with E-state index in [1.54, 1.807) is 29.3 Å². The van der Waals surface area contributed by atoms with E-state index in [1.165, 1.54) is 19.2 Å². The summed E-state index contributed by atoms with van der Waals surface area (Å²) in [6.07, 6.45) is 4.69. The molecule has 1 aliphatic carbocycles. The van der Waals surface area contributed by atoms with Crippen LogP contribution in [-0.2, 0) is 25.7 Å². The number of hydrogen-bond donors (Lipinski definition) is 0. The summed E-state index contributed by atoms with van der Waals surface area (Å²) in [5, 5.41) is 0. The summed E-state index contributed by atoms with van der Waals surface area (Å²) in [7, 11) is 1.33. The lowest BCUT2D eigenvalue weighted by Crippen LogP contribution is -2.36. The topological polar surface area (TPSA) is 55.8 Å². The van der Waals surface area contributed by atoms with Crippen molar-refractivity contribution in [2.75, 3.05) is 20.2 Å². The van der Waals surface area contributed by atoms with Gasteiger partial charge in [0.1, 0.15) is 18.5 Å². The Balaban J connectivity index is 1.60. The highest BCUT2D eigenvalue weighted by molar-refractivity contribution is 5.92. The highest BCUT2D eigenvalue weighted by Crippen LogP contribution is 2.29. The molecule has 2 atom stereocenters. The molecule has 5 nitrogen and oxygen atoms in total. The molecule has 0 saturated carbocycles. The number of methoxy groups -OCH3 is 1. The molecule has 0 aromatic heterocycles. The maximum atomic E-state index is 13.2. The number of allylic oxidation sites excluding steroid dienone is 1. The molecule has 24 heavy (non-hydrogen) atoms. The van der Waals surface area contributed by atoms with Crippen LogP contribution in [0.15, 0.2) is 48.2 Å². The number of carbonyl (C=O) groups is 2. The number of esters is 1. The Kier molecular flexibility index (Phi) is 4.76. The van der Waals surface area contributed by atoms with Crippen LogP contribution in [-0.4, -0.2) is 43.0 Å². The number of hydrogen-bond acceptors (Lipinski definition) is 5. The van der Waals surface area contributed by atoms with Crippen LogP contribution in [0.2, 0.25) is 0 Å². The van der Waals surface area contributed by atoms with Gasteiger partial charge in [0.25, 0.3) is 0 Å². The number of ketones is 1. The average molecular weight is 331 g/mol. The van der Waals surface area contributed by atoms with Crippen molar-refractivity contribution in [2.45, 2.75) is 12.7 Å². The van der Waals surface area contributed by atoms with E-state index in [4.69, 9.17) is 4.74 Å². The largest absolute Gasteiger partial charge is 0.468 e. The third-order valence-electron chi connectivity index (χ3n) is 4.12. The van der Waals surface area contributed by atoms with Crippen LogP contribution in [0.5, 0.6) is 0 Å². The van der Waals surface area contributed by atoms with E-state index in [9.17, 15) is 14.0 Å². The molecule has 126 valence electrons. The van der Waals surface area contributed by atoms with Gasteiger partial charge in [-0.25, -0.2) is 4.39 Å². The van der Waals surface area contributed by atoms with Crippen LogP contribution in [0.25, 0.3) is 0 Å². The number of Topliss-reactive ketones (excluding diaryl/α,β-unsaturated/α-hetero) is 1. The Morgan fingerprint density at radius 3 is 3.00 bits per heavy atom. The third kappa shape index (κ3) is 3.54. The van der Waals surface area contributed by atoms with Crippen LogP contribution in [0.4, 0.5) is 4.39 Å². The van der Waals surface area contributed by atoms with Gasteiger partial charge in [-0.2, -0.15) is 0 Å². The molecule has 0 spiro atoms. The quantitative estimate of drug-likeness (QED) is 0.771. The number of carbonyl (C=O) groups excluding carboxylic acids is 2. The molecule has 0 saturated heterocycles. The average Bonchev–Trinajstić information content (AvgIpc) is 2.97. The first-order valence-corrected chi connectivity index (χ1v) is 7.67. The van der Waals surface area contributed by atoms with Crippen molar-refractivity contribution in [3.63, 3.8) is 0 Å². The Hall–Kier alpha value is -2.47. The number of nitrogens with zero attached hydrogens (tertiary/aromatic N) is 1. The molecule has 1 aromatic carbocycles. The van der Waals surface area contributed by atoms with Crippen molar-refractivity contribution in [3.8, 4) is 0 Å². The lowest BCUT2D eigenvalue weighted by Gasteiger charge is -2.23. The van der Waals surface area contributed by atoms with Crippen molar-refractivity contribution >= 4 is 11.8 Å². The van der Waals surface area contributed by atoms with E-state index in [0.717, 1.165) is 5.57 Å². The maximum absolute atomic E-state index is 13.2. The van der Waals surface area contributed by atoms with Crippen molar-refractivity contribution in [1.82, 2.24) is 4.90 Å². The second-order valence-corrected chi connectivity index (χ2v) is 5.81. The molecule has 1 heterocycles. The van der Waals surface area contributed by atoms with Gasteiger partial charge in [-0.1, -0.05) is 18.2 Å². The first-order valence-electron chi connectivity index (χ1n) is 7.67. The minimum absolute atomic E-state index is 0.0486. The van der Waals surface area contributed by atoms with E-state index < -0.39 is 6.10 Å². The molecule has 2 unspecified atom stereocenters. The monoisotopic (exact) mass is 331 g/mol. The van der Waals surface area contributed by atoms with Gasteiger partial charge >= 0.3 is 5.97 Å². The van der Waals surface area contributed by atoms with E-state index in [2.05, 4.69) is 4.74 Å². The summed E-state index contributed by atoms with van der Waals surface area (Å²) in [6, 6.07) is 6.10. The molecule has 0 N–H and O–H groups in total. The second-order valence-electron chi connectivity index (χ2n) is 5.81. The lowest BCUT2D eigenvalue weighted by molar-refractivity contribution is -0.141. The van der Waals surface area contributed by atoms with Crippen LogP contribution in [0.1, 0.15) is 5.56 Å². The summed E-state index contributed by atoms with van der Waals surface area (Å²) in [4.78, 5) is 25.7. The fourth-order valence-corrected chi connectivity index (χ4v) is 2.89. The molecule has 0 bridgehead atoms. The minimum atomic E-state index is -0.659. The fourth-order valence-electron chi connectivity index (χ4n) is 2.89. The smallest absolute Gasteiger partial charge is 0.325 e. The summed E-state index contributed by atoms with van der Waals surface area (Å²) in [5.74, 6) is -1.04. The predicted octanol–water partition coefficient (Wildman–Crippen LogP) is 1.84. The molecule has 0 fully saturated rings. The van der Waals surface area contributed by atoms with E-state index in [0.29, 0.717) is 12.1 Å². The first-order chi connectivity index (χ1) is 11.6. The second kappa shape index (κ2) is 6.97. The van der Waals surface area contributed by atoms with Gasteiger partial charge < -0.3 is 14.4 Å². The number of halogens is 1. The standard InChI is InChI=1S/C18H18FNO4/c1-23-17(21)10-20-8-13-5-6-16(18(22)15(13)9-20)24-11-12-3-2-4-14(19)7-12/h2-8,15-16H,9-11H2,1H3. The third-order valence-corrected chi connectivity index (χ3v) is 4.12. The van der Waals surface area contributed by atoms with E-state index in [-0.39, 0.29) is 36.6 Å². The molecule has 2 aliphatic rings. The highest BCUT2D eigenvalue weighted by Gasteiger charge is 2.36. The summed E-state index contributed by atoms with van der Waals surface area (Å²) < 4.78 is 23.5. The van der Waals surface area contributed by atoms with Gasteiger partial charge in [0.05, 0.1) is 19.6 Å². The molecule has 1 aromatic rings. The molecule has 0 amide bonds. The van der Waals surface area contributed by atoms with Crippen molar-refractivity contribution in [3.05, 3.63) is 59.6 Å². The summed E-state index contributed by atoms with van der Waals surface area (Å²) in [6.45, 7) is 0.718. The lowest BCUT2D eigenvalue weighted by atomic mass is 9.88. The molecule has 6 heteroatoms. The van der Waals surface area contributed by atoms with Crippen LogP contribution in [0.3, 0.4) is 0 Å². The fraction of sp³-hybridized carbons (Fsp3) is 0.333. The van der Waals surface area contributed by atoms with Gasteiger partial charge in [-0.3, -0.25) is 9.59 Å². The molecule has 1 aliphatic heterocycles. The van der Waals surface area contributed by atoms with Gasteiger partial charge in [0.15, 0.2) is 5.78 Å². The Morgan fingerprint density at radius 1 is 1.42 bits per heavy atom. The van der Waals surface area contributed by atoms with E-state index in [1.807, 2.05) is 6.08 Å². The van der Waals surface area contributed by atoms with Gasteiger partial charge in [-0.15, -0.1) is 0 Å². The number of benzene rings is 1. The molecule has 0 radical (unpaired) electrons. The zero-order valence-electron chi connectivity index (χ0n) is 13.3. The van der Waals surface area contributed by atoms with Crippen molar-refractivity contribution in [1.29, 1.82) is 0 Å². The Morgan fingerprint density at radius 2 is 2.25 bits per heavy atom. The van der Waals surface area contributed by atoms with Gasteiger partial charge in [0, 0.05) is 12.7 Å². The molecule has 3 rings (SSSR count). The number of fused-ring (bicyclic) bond motifs is 1. The zero-order valence-corrected chi connectivity index (χ0v) is 13.3. The predicted molar refractivity (Wildman–Crippen MR) is 84.3 cm³/mol. The minimum Gasteiger partial charge on any atom is -0.468 e. The van der Waals surface area contributed by atoms with Gasteiger partial charge in [0.2, 0.25) is 0 Å².